The quantitative estimate of drug-likeness (QED) is 0.665. The molecule has 8 heteroatoms. The van der Waals surface area contributed by atoms with Crippen LogP contribution in [-0.2, 0) is 9.63 Å². The lowest BCUT2D eigenvalue weighted by molar-refractivity contribution is -0.250. The molecule has 2 heterocycles. The minimum Gasteiger partial charge on any atom is -0.334 e. The predicted octanol–water partition coefficient (Wildman–Crippen LogP) is 4.83. The Morgan fingerprint density at radius 3 is 2.28 bits per heavy atom. The van der Waals surface area contributed by atoms with E-state index in [2.05, 4.69) is 10.0 Å². The average Bonchev–Trinajstić information content (AvgIpc) is 2.86. The smallest absolute Gasteiger partial charge is 0.334 e. The summed E-state index contributed by atoms with van der Waals surface area (Å²) in [5, 5.41) is 5.45. The lowest BCUT2D eigenvalue weighted by Crippen LogP contribution is -2.49. The Morgan fingerprint density at radius 1 is 1.03 bits per heavy atom. The number of nitrogens with zero attached hydrogens (tertiary/aromatic N) is 3. The number of hydrogen-bond acceptors (Lipinski definition) is 5. The van der Waals surface area contributed by atoms with Crippen molar-refractivity contribution in [2.24, 2.45) is 28.3 Å². The topological polar surface area (TPSA) is 45.1 Å². The Hall–Kier alpha value is -1.47. The van der Waals surface area contributed by atoms with Crippen LogP contribution in [0.4, 0.5) is 13.2 Å². The molecule has 2 aliphatic heterocycles. The highest BCUT2D eigenvalue weighted by molar-refractivity contribution is 5.84. The molecule has 0 aromatic heterocycles. The number of carbonyl (C=O) groups excluding carboxylic acids is 1. The van der Waals surface area contributed by atoms with E-state index in [4.69, 9.17) is 4.84 Å². The minimum atomic E-state index is -5.01. The first-order valence-electron chi connectivity index (χ1n) is 11.2. The predicted molar refractivity (Wildman–Crippen MR) is 100 cm³/mol. The zero-order valence-corrected chi connectivity index (χ0v) is 16.8. The Morgan fingerprint density at radius 2 is 1.66 bits per heavy atom. The highest BCUT2D eigenvalue weighted by atomic mass is 19.4. The first-order valence-corrected chi connectivity index (χ1v) is 11.2. The largest absolute Gasteiger partial charge is 0.493 e. The van der Waals surface area contributed by atoms with E-state index in [-0.39, 0.29) is 5.41 Å². The van der Waals surface area contributed by atoms with E-state index in [9.17, 15) is 18.0 Å². The van der Waals surface area contributed by atoms with Crippen molar-refractivity contribution in [3.8, 4) is 0 Å². The summed E-state index contributed by atoms with van der Waals surface area (Å²) in [6, 6.07) is 0. The Bertz CT molecular complexity index is 658. The van der Waals surface area contributed by atoms with Gasteiger partial charge in [0.25, 0.3) is 0 Å². The van der Waals surface area contributed by atoms with Crippen LogP contribution in [0.15, 0.2) is 5.10 Å². The van der Waals surface area contributed by atoms with E-state index in [1.165, 1.54) is 38.5 Å². The molecular formula is C21H30F3N3O2. The number of hydrazone groups is 1. The molecular weight excluding hydrogens is 383 g/mol. The second-order valence-corrected chi connectivity index (χ2v) is 10.2. The standard InChI is InChI=1S/C21H30F3N3O2/c22-21(23,24)19(28)29-27-18-5-3-1-2-4-6-26(18)17(25-27)13-20-10-14-7-15(11-20)9-16(8-14)12-20/h14-16,18H,1-13H2. The van der Waals surface area contributed by atoms with E-state index in [0.717, 1.165) is 67.4 Å². The van der Waals surface area contributed by atoms with Crippen molar-refractivity contribution in [1.82, 2.24) is 10.1 Å². The van der Waals surface area contributed by atoms with Crippen molar-refractivity contribution in [1.29, 1.82) is 0 Å². The molecule has 0 aromatic rings. The number of hydroxylamine groups is 1. The summed E-state index contributed by atoms with van der Waals surface area (Å²) in [5.74, 6) is 1.09. The van der Waals surface area contributed by atoms with Crippen LogP contribution in [0.25, 0.3) is 0 Å². The second-order valence-electron chi connectivity index (χ2n) is 10.2. The Labute approximate surface area is 169 Å². The molecule has 29 heavy (non-hydrogen) atoms. The Balaban J connectivity index is 1.38. The maximum Gasteiger partial charge on any atom is 0.493 e. The van der Waals surface area contributed by atoms with Gasteiger partial charge in [0, 0.05) is 13.0 Å². The molecule has 4 bridgehead atoms. The number of alkyl halides is 3. The summed E-state index contributed by atoms with van der Waals surface area (Å²) < 4.78 is 38.4. The number of halogens is 3. The van der Waals surface area contributed by atoms with Crippen molar-refractivity contribution < 1.29 is 22.8 Å². The first-order chi connectivity index (χ1) is 13.8. The molecule has 1 saturated heterocycles. The van der Waals surface area contributed by atoms with E-state index < -0.39 is 18.3 Å². The summed E-state index contributed by atoms with van der Waals surface area (Å²) in [4.78, 5) is 18.4. The van der Waals surface area contributed by atoms with Crippen LogP contribution < -0.4 is 0 Å². The van der Waals surface area contributed by atoms with Crippen molar-refractivity contribution in [2.75, 3.05) is 6.54 Å². The van der Waals surface area contributed by atoms with Gasteiger partial charge in [0.1, 0.15) is 5.84 Å². The zero-order chi connectivity index (χ0) is 20.2. The highest BCUT2D eigenvalue weighted by Crippen LogP contribution is 2.61. The van der Waals surface area contributed by atoms with Gasteiger partial charge in [-0.2, -0.15) is 13.2 Å². The molecule has 4 saturated carbocycles. The van der Waals surface area contributed by atoms with Crippen LogP contribution in [0, 0.1) is 23.2 Å². The van der Waals surface area contributed by atoms with Gasteiger partial charge >= 0.3 is 12.1 Å². The molecule has 0 aromatic carbocycles. The van der Waals surface area contributed by atoms with Gasteiger partial charge in [-0.05, 0) is 81.0 Å². The van der Waals surface area contributed by atoms with Gasteiger partial charge in [0.15, 0.2) is 6.17 Å². The Kier molecular flexibility index (Phi) is 4.74. The van der Waals surface area contributed by atoms with Crippen molar-refractivity contribution in [3.63, 3.8) is 0 Å². The third-order valence-corrected chi connectivity index (χ3v) is 7.88. The first kappa shape index (κ1) is 19.5. The second kappa shape index (κ2) is 7.05. The van der Waals surface area contributed by atoms with Gasteiger partial charge in [-0.25, -0.2) is 4.79 Å². The van der Waals surface area contributed by atoms with Gasteiger partial charge in [-0.3, -0.25) is 0 Å². The van der Waals surface area contributed by atoms with E-state index in [1.54, 1.807) is 0 Å². The van der Waals surface area contributed by atoms with Crippen LogP contribution in [0.2, 0.25) is 0 Å². The number of carbonyl (C=O) groups is 1. The summed E-state index contributed by atoms with van der Waals surface area (Å²) in [6.45, 7) is 0.774. The third kappa shape index (κ3) is 3.72. The van der Waals surface area contributed by atoms with E-state index in [0.29, 0.717) is 6.42 Å². The van der Waals surface area contributed by atoms with Crippen molar-refractivity contribution >= 4 is 11.8 Å². The fourth-order valence-corrected chi connectivity index (χ4v) is 7.23. The van der Waals surface area contributed by atoms with E-state index in [1.807, 2.05) is 0 Å². The molecule has 0 amide bonds. The van der Waals surface area contributed by atoms with Gasteiger partial charge < -0.3 is 9.74 Å². The lowest BCUT2D eigenvalue weighted by atomic mass is 9.49. The number of rotatable bonds is 3. The number of fused-ring (bicyclic) bond motifs is 1. The summed E-state index contributed by atoms with van der Waals surface area (Å²) >= 11 is 0. The summed E-state index contributed by atoms with van der Waals surface area (Å²) in [5.41, 5.74) is 0.241. The minimum absolute atomic E-state index is 0.241. The third-order valence-electron chi connectivity index (χ3n) is 7.88. The maximum atomic E-state index is 12.8. The van der Waals surface area contributed by atoms with Crippen LogP contribution >= 0.6 is 0 Å². The van der Waals surface area contributed by atoms with Crippen LogP contribution in [-0.4, -0.2) is 40.8 Å². The molecule has 0 N–H and O–H groups in total. The number of hydrogen-bond donors (Lipinski definition) is 0. The van der Waals surface area contributed by atoms with Gasteiger partial charge in [-0.1, -0.05) is 18.0 Å². The van der Waals surface area contributed by atoms with Crippen LogP contribution in [0.3, 0.4) is 0 Å². The zero-order valence-electron chi connectivity index (χ0n) is 16.8. The van der Waals surface area contributed by atoms with Crippen molar-refractivity contribution in [2.45, 2.75) is 89.4 Å². The molecule has 0 radical (unpaired) electrons. The molecule has 1 unspecified atom stereocenters. The molecule has 6 rings (SSSR count). The maximum absolute atomic E-state index is 12.8. The highest BCUT2D eigenvalue weighted by Gasteiger charge is 2.53. The monoisotopic (exact) mass is 413 g/mol. The molecule has 162 valence electrons. The SMILES string of the molecule is O=C(ON1N=C(CC23CC4CC(CC(C4)C2)C3)N2CCCCCCC12)C(F)(F)F. The van der Waals surface area contributed by atoms with Crippen molar-refractivity contribution in [3.05, 3.63) is 0 Å². The molecule has 1 atom stereocenters. The summed E-state index contributed by atoms with van der Waals surface area (Å²) in [6.07, 6.45) is 7.87. The van der Waals surface area contributed by atoms with Gasteiger partial charge in [0.2, 0.25) is 0 Å². The fraction of sp³-hybridized carbons (Fsp3) is 0.905. The number of amidine groups is 1. The van der Waals surface area contributed by atoms with Gasteiger partial charge in [0.05, 0.1) is 0 Å². The molecule has 5 nitrogen and oxygen atoms in total. The van der Waals surface area contributed by atoms with E-state index >= 15 is 0 Å². The van der Waals surface area contributed by atoms with Gasteiger partial charge in [-0.15, -0.1) is 5.10 Å². The van der Waals surface area contributed by atoms with Crippen LogP contribution in [0.1, 0.15) is 77.0 Å². The molecule has 6 aliphatic rings. The molecule has 0 spiro atoms. The fourth-order valence-electron chi connectivity index (χ4n) is 7.23. The normalized spacial score (nSPS) is 39.1. The molecule has 4 aliphatic carbocycles. The van der Waals surface area contributed by atoms with Crippen LogP contribution in [0.5, 0.6) is 0 Å². The molecule has 5 fully saturated rings. The lowest BCUT2D eigenvalue weighted by Gasteiger charge is -2.57. The summed E-state index contributed by atoms with van der Waals surface area (Å²) in [7, 11) is 0. The average molecular weight is 413 g/mol.